The molecule has 1 heteroatoms. The van der Waals surface area contributed by atoms with Crippen LogP contribution in [0.1, 0.15) is 80.6 Å². The van der Waals surface area contributed by atoms with E-state index in [2.05, 4.69) is 245 Å². The van der Waals surface area contributed by atoms with Crippen molar-refractivity contribution in [3.05, 3.63) is 245 Å². The zero-order valence-corrected chi connectivity index (χ0v) is 37.9. The molecule has 0 fully saturated rings. The molecular formula is C62H59N. The molecule has 1 aliphatic carbocycles. The van der Waals surface area contributed by atoms with Gasteiger partial charge in [-0.1, -0.05) is 234 Å². The molecule has 1 nitrogen and oxygen atoms in total. The third-order valence-corrected chi connectivity index (χ3v) is 11.6. The lowest BCUT2D eigenvalue weighted by Gasteiger charge is -2.21. The summed E-state index contributed by atoms with van der Waals surface area (Å²) in [6.45, 7) is 14.9. The van der Waals surface area contributed by atoms with Crippen molar-refractivity contribution in [2.75, 3.05) is 0 Å². The number of hydrogen-bond donors (Lipinski definition) is 0. The minimum absolute atomic E-state index is 0.0799. The highest BCUT2D eigenvalue weighted by molar-refractivity contribution is 5.97. The molecule has 0 N–H and O–H groups in total. The largest absolute Gasteiger partial charge is 0.309 e. The van der Waals surface area contributed by atoms with Crippen molar-refractivity contribution in [2.24, 2.45) is 0 Å². The molecule has 0 amide bonds. The van der Waals surface area contributed by atoms with Crippen molar-refractivity contribution in [1.29, 1.82) is 0 Å². The van der Waals surface area contributed by atoms with Crippen LogP contribution < -0.4 is 0 Å². The van der Waals surface area contributed by atoms with E-state index in [1.165, 1.54) is 83.4 Å². The Morgan fingerprint density at radius 2 is 1.06 bits per heavy atom. The Bertz CT molecular complexity index is 2920. The molecule has 0 radical (unpaired) electrons. The van der Waals surface area contributed by atoms with E-state index in [1.807, 2.05) is 39.0 Å². The predicted octanol–water partition coefficient (Wildman–Crippen LogP) is 17.6. The zero-order chi connectivity index (χ0) is 44.2. The standard InChI is InChI=1S/C38H31N.C22H22.C2H6/c1-3-10-37-36(26-19-29-11-9-14-33(27-29)32-20-17-28(2)18-21-32)35-15-7-8-16-38(35)39(37)34-24-22-31(23-25-34)30-12-5-4-6-13-30;1-4-5-6-7-8-11-17-14-15-19-18-12-9-10-13-20(18)22(2,3)21(19)16-17;1-2/h3-27H,1-2H3;4-16H,1-3H3;1-2H3/b10-3-,26-19+;5-4+,7-6-,11-8-;. The number of hydrogen-bond acceptors (Lipinski definition) is 0. The maximum Gasteiger partial charge on any atom is 0.0541 e. The second-order valence-electron chi connectivity index (χ2n) is 16.1. The summed E-state index contributed by atoms with van der Waals surface area (Å²) in [5.41, 5.74) is 19.1. The monoisotopic (exact) mass is 817 g/mol. The summed E-state index contributed by atoms with van der Waals surface area (Å²) in [6.07, 6.45) is 21.3. The first kappa shape index (κ1) is 43.9. The summed E-state index contributed by atoms with van der Waals surface area (Å²) in [5, 5.41) is 1.24. The minimum atomic E-state index is 0.0799. The average molecular weight is 818 g/mol. The number of allylic oxidation sites excluding steroid dienone is 6. The minimum Gasteiger partial charge on any atom is -0.309 e. The number of benzene rings is 7. The van der Waals surface area contributed by atoms with Gasteiger partial charge in [0.1, 0.15) is 0 Å². The van der Waals surface area contributed by atoms with Gasteiger partial charge in [0.25, 0.3) is 0 Å². The van der Waals surface area contributed by atoms with Crippen LogP contribution in [0.25, 0.3) is 74.3 Å². The maximum absolute atomic E-state index is 2.37. The fraction of sp³-hybridized carbons (Fsp3) is 0.129. The number of aryl methyl sites for hydroxylation is 1. The Balaban J connectivity index is 0.000000210. The lowest BCUT2D eigenvalue weighted by atomic mass is 9.82. The Labute approximate surface area is 376 Å². The van der Waals surface area contributed by atoms with Gasteiger partial charge in [0.15, 0.2) is 0 Å². The van der Waals surface area contributed by atoms with Gasteiger partial charge in [-0.3, -0.25) is 0 Å². The number of aromatic nitrogens is 1. The van der Waals surface area contributed by atoms with Crippen LogP contribution >= 0.6 is 0 Å². The molecule has 7 aromatic carbocycles. The van der Waals surface area contributed by atoms with Crippen molar-refractivity contribution >= 4 is 35.2 Å². The molecule has 1 heterocycles. The Kier molecular flexibility index (Phi) is 14.3. The van der Waals surface area contributed by atoms with E-state index in [0.717, 1.165) is 5.69 Å². The molecule has 0 saturated carbocycles. The molecule has 0 bridgehead atoms. The third-order valence-electron chi connectivity index (χ3n) is 11.6. The number of rotatable bonds is 9. The van der Waals surface area contributed by atoms with Crippen LogP contribution in [0.2, 0.25) is 0 Å². The van der Waals surface area contributed by atoms with Crippen molar-refractivity contribution in [3.8, 4) is 39.1 Å². The molecule has 0 aliphatic heterocycles. The van der Waals surface area contributed by atoms with Crippen molar-refractivity contribution in [2.45, 2.75) is 53.9 Å². The molecule has 0 saturated heterocycles. The predicted molar refractivity (Wildman–Crippen MR) is 277 cm³/mol. The summed E-state index contributed by atoms with van der Waals surface area (Å²) >= 11 is 0. The van der Waals surface area contributed by atoms with Crippen LogP contribution in [0.5, 0.6) is 0 Å². The van der Waals surface area contributed by atoms with Gasteiger partial charge >= 0.3 is 0 Å². The average Bonchev–Trinajstić information content (AvgIpc) is 3.76. The maximum atomic E-state index is 2.37. The molecule has 63 heavy (non-hydrogen) atoms. The summed E-state index contributed by atoms with van der Waals surface area (Å²) in [7, 11) is 0. The van der Waals surface area contributed by atoms with Crippen molar-refractivity contribution in [1.82, 2.24) is 4.57 Å². The van der Waals surface area contributed by atoms with E-state index >= 15 is 0 Å². The van der Waals surface area contributed by atoms with Gasteiger partial charge in [-0.05, 0) is 107 Å². The Morgan fingerprint density at radius 1 is 0.444 bits per heavy atom. The van der Waals surface area contributed by atoms with Crippen LogP contribution in [0.15, 0.2) is 206 Å². The van der Waals surface area contributed by atoms with Gasteiger partial charge in [-0.15, -0.1) is 0 Å². The van der Waals surface area contributed by atoms with Gasteiger partial charge in [0.05, 0.1) is 11.2 Å². The van der Waals surface area contributed by atoms with Crippen LogP contribution in [-0.2, 0) is 5.41 Å². The fourth-order valence-corrected chi connectivity index (χ4v) is 8.47. The zero-order valence-electron chi connectivity index (χ0n) is 37.9. The quantitative estimate of drug-likeness (QED) is 0.128. The van der Waals surface area contributed by atoms with E-state index in [0.29, 0.717) is 0 Å². The Morgan fingerprint density at radius 3 is 1.83 bits per heavy atom. The summed E-state index contributed by atoms with van der Waals surface area (Å²) in [4.78, 5) is 0. The van der Waals surface area contributed by atoms with Crippen LogP contribution in [0, 0.1) is 6.92 Å². The van der Waals surface area contributed by atoms with E-state index in [4.69, 9.17) is 0 Å². The summed E-state index contributed by atoms with van der Waals surface area (Å²) in [6, 6.07) is 61.1. The van der Waals surface area contributed by atoms with Crippen molar-refractivity contribution in [3.63, 3.8) is 0 Å². The highest BCUT2D eigenvalue weighted by Gasteiger charge is 2.34. The summed E-state index contributed by atoms with van der Waals surface area (Å²) < 4.78 is 2.37. The van der Waals surface area contributed by atoms with Gasteiger partial charge < -0.3 is 4.57 Å². The molecule has 0 spiro atoms. The van der Waals surface area contributed by atoms with Gasteiger partial charge in [-0.2, -0.15) is 0 Å². The van der Waals surface area contributed by atoms with Crippen LogP contribution in [-0.4, -0.2) is 4.57 Å². The first-order chi connectivity index (χ1) is 30.9. The number of fused-ring (bicyclic) bond motifs is 4. The van der Waals surface area contributed by atoms with E-state index in [1.54, 1.807) is 0 Å². The first-order valence-electron chi connectivity index (χ1n) is 22.3. The smallest absolute Gasteiger partial charge is 0.0541 e. The highest BCUT2D eigenvalue weighted by atomic mass is 15.0. The molecule has 312 valence electrons. The molecule has 8 aromatic rings. The Hall–Kier alpha value is -7.22. The van der Waals surface area contributed by atoms with Crippen LogP contribution in [0.4, 0.5) is 0 Å². The fourth-order valence-electron chi connectivity index (χ4n) is 8.47. The normalized spacial score (nSPS) is 12.8. The topological polar surface area (TPSA) is 4.93 Å². The van der Waals surface area contributed by atoms with Gasteiger partial charge in [0.2, 0.25) is 0 Å². The van der Waals surface area contributed by atoms with E-state index in [9.17, 15) is 0 Å². The molecule has 9 rings (SSSR count). The van der Waals surface area contributed by atoms with Gasteiger partial charge in [-0.25, -0.2) is 0 Å². The lowest BCUT2D eigenvalue weighted by molar-refractivity contribution is 0.660. The molecule has 1 aliphatic rings. The molecule has 1 aromatic heterocycles. The number of nitrogens with zero attached hydrogens (tertiary/aromatic N) is 1. The number of para-hydroxylation sites is 1. The summed E-state index contributed by atoms with van der Waals surface area (Å²) in [5.74, 6) is 0. The van der Waals surface area contributed by atoms with Crippen LogP contribution in [0.3, 0.4) is 0 Å². The molecule has 0 unspecified atom stereocenters. The van der Waals surface area contributed by atoms with E-state index in [-0.39, 0.29) is 5.41 Å². The molecule has 0 atom stereocenters. The second-order valence-corrected chi connectivity index (χ2v) is 16.1. The second kappa shape index (κ2) is 20.6. The third kappa shape index (κ3) is 9.80. The highest BCUT2D eigenvalue weighted by Crippen LogP contribution is 2.48. The van der Waals surface area contributed by atoms with E-state index < -0.39 is 0 Å². The van der Waals surface area contributed by atoms with Gasteiger partial charge in [0, 0.05) is 22.1 Å². The molecular weight excluding hydrogens is 759 g/mol. The first-order valence-corrected chi connectivity index (χ1v) is 22.3. The van der Waals surface area contributed by atoms with Crippen molar-refractivity contribution < 1.29 is 0 Å². The SMILES string of the molecule is C/C=C/C=C\C=C/c1ccc2c(c1)C(C)(C)c1ccccc1-2.C/C=C\c1c(/C=C/c2cccc(-c3ccc(C)cc3)c2)c2ccccc2n1-c1ccc(-c2ccccc2)cc1.CC. The lowest BCUT2D eigenvalue weighted by Crippen LogP contribution is -2.14.